The molecule has 0 atom stereocenters. The van der Waals surface area contributed by atoms with Crippen LogP contribution in [0.3, 0.4) is 0 Å². The van der Waals surface area contributed by atoms with Gasteiger partial charge >= 0.3 is 5.97 Å². The van der Waals surface area contributed by atoms with Crippen molar-refractivity contribution in [2.45, 2.75) is 20.1 Å². The number of ether oxygens (including phenoxy) is 1. The maximum absolute atomic E-state index is 12.7. The fourth-order valence-corrected chi connectivity index (χ4v) is 4.75. The third-order valence-corrected chi connectivity index (χ3v) is 6.56. The highest BCUT2D eigenvalue weighted by Crippen LogP contribution is 2.30. The average molecular weight is 465 g/mol. The summed E-state index contributed by atoms with van der Waals surface area (Å²) >= 11 is 7.61. The van der Waals surface area contributed by atoms with Crippen LogP contribution in [-0.4, -0.2) is 25.1 Å². The molecular formula is C23H17ClN4O3S. The highest BCUT2D eigenvalue weighted by atomic mass is 35.5. The molecule has 0 aliphatic rings. The van der Waals surface area contributed by atoms with Gasteiger partial charge in [0, 0.05) is 22.7 Å². The van der Waals surface area contributed by atoms with Crippen molar-refractivity contribution >= 4 is 44.8 Å². The number of benzene rings is 1. The zero-order chi connectivity index (χ0) is 22.2. The number of hydrogen-bond acceptors (Lipinski definition) is 6. The Morgan fingerprint density at radius 1 is 1.16 bits per heavy atom. The van der Waals surface area contributed by atoms with Crippen molar-refractivity contribution in [3.8, 4) is 0 Å². The van der Waals surface area contributed by atoms with Gasteiger partial charge in [-0.15, -0.1) is 11.3 Å². The van der Waals surface area contributed by atoms with E-state index in [0.29, 0.717) is 27.8 Å². The third-order valence-electron chi connectivity index (χ3n) is 5.06. The number of aromatic nitrogens is 4. The molecule has 5 rings (SSSR count). The summed E-state index contributed by atoms with van der Waals surface area (Å²) in [6, 6.07) is 16.0. The van der Waals surface area contributed by atoms with E-state index in [0.717, 1.165) is 21.5 Å². The van der Waals surface area contributed by atoms with Crippen molar-refractivity contribution in [2.75, 3.05) is 0 Å². The largest absolute Gasteiger partial charge is 0.455 e. The van der Waals surface area contributed by atoms with Crippen LogP contribution in [0.1, 0.15) is 26.6 Å². The standard InChI is InChI=1S/C23H17ClN4O3S/c1-14-17-11-19(32-22(17)28(26-14)12-15-6-2-3-7-18(15)24)23(30)31-13-16-10-21(29)27-9-5-4-8-20(27)25-16/h2-11H,12-13H2,1H3. The predicted octanol–water partition coefficient (Wildman–Crippen LogP) is 4.47. The van der Waals surface area contributed by atoms with E-state index >= 15 is 0 Å². The van der Waals surface area contributed by atoms with E-state index in [9.17, 15) is 9.59 Å². The van der Waals surface area contributed by atoms with Crippen LogP contribution in [0.15, 0.2) is 65.6 Å². The van der Waals surface area contributed by atoms with Crippen molar-refractivity contribution in [1.29, 1.82) is 0 Å². The normalized spacial score (nSPS) is 11.3. The zero-order valence-corrected chi connectivity index (χ0v) is 18.6. The molecule has 0 fully saturated rings. The van der Waals surface area contributed by atoms with Gasteiger partial charge in [0.05, 0.1) is 17.9 Å². The first-order valence-corrected chi connectivity index (χ1v) is 11.0. The first-order valence-electron chi connectivity index (χ1n) is 9.84. The minimum atomic E-state index is -0.468. The number of aryl methyl sites for hydroxylation is 1. The molecule has 9 heteroatoms. The number of carbonyl (C=O) groups excluding carboxylic acids is 1. The molecule has 5 aromatic rings. The average Bonchev–Trinajstić information content (AvgIpc) is 3.35. The Morgan fingerprint density at radius 2 is 1.97 bits per heavy atom. The van der Waals surface area contributed by atoms with Crippen LogP contribution in [0.5, 0.6) is 0 Å². The van der Waals surface area contributed by atoms with Crippen LogP contribution in [0.2, 0.25) is 5.02 Å². The van der Waals surface area contributed by atoms with Crippen molar-refractivity contribution < 1.29 is 9.53 Å². The Labute approximate surface area is 191 Å². The molecule has 4 aromatic heterocycles. The topological polar surface area (TPSA) is 78.5 Å². The summed E-state index contributed by atoms with van der Waals surface area (Å²) in [6.45, 7) is 2.32. The van der Waals surface area contributed by atoms with Crippen LogP contribution in [0.25, 0.3) is 15.9 Å². The van der Waals surface area contributed by atoms with Gasteiger partial charge in [0.25, 0.3) is 5.56 Å². The second-order valence-electron chi connectivity index (χ2n) is 7.25. The Bertz CT molecular complexity index is 1540. The van der Waals surface area contributed by atoms with E-state index < -0.39 is 5.97 Å². The van der Waals surface area contributed by atoms with Crippen LogP contribution in [0.4, 0.5) is 0 Å². The number of esters is 1. The van der Waals surface area contributed by atoms with E-state index in [4.69, 9.17) is 16.3 Å². The molecule has 0 amide bonds. The first kappa shape index (κ1) is 20.4. The third kappa shape index (κ3) is 3.79. The Morgan fingerprint density at radius 3 is 2.81 bits per heavy atom. The maximum atomic E-state index is 12.7. The van der Waals surface area contributed by atoms with Gasteiger partial charge in [0.15, 0.2) is 0 Å². The predicted molar refractivity (Wildman–Crippen MR) is 123 cm³/mol. The fraction of sp³-hybridized carbons (Fsp3) is 0.130. The van der Waals surface area contributed by atoms with Crippen LogP contribution >= 0.6 is 22.9 Å². The number of fused-ring (bicyclic) bond motifs is 2. The minimum absolute atomic E-state index is 0.0849. The molecule has 7 nitrogen and oxygen atoms in total. The summed E-state index contributed by atoms with van der Waals surface area (Å²) in [5.74, 6) is -0.468. The molecule has 0 radical (unpaired) electrons. The number of pyridine rings is 1. The monoisotopic (exact) mass is 464 g/mol. The van der Waals surface area contributed by atoms with Crippen LogP contribution in [-0.2, 0) is 17.9 Å². The molecule has 0 N–H and O–H groups in total. The number of nitrogens with zero attached hydrogens (tertiary/aromatic N) is 4. The van der Waals surface area contributed by atoms with Gasteiger partial charge in [-0.2, -0.15) is 5.10 Å². The molecule has 0 spiro atoms. The molecular weight excluding hydrogens is 448 g/mol. The summed E-state index contributed by atoms with van der Waals surface area (Å²) in [6.07, 6.45) is 1.64. The van der Waals surface area contributed by atoms with E-state index in [1.54, 1.807) is 30.5 Å². The van der Waals surface area contributed by atoms with Gasteiger partial charge in [0.2, 0.25) is 0 Å². The van der Waals surface area contributed by atoms with Gasteiger partial charge < -0.3 is 4.74 Å². The smallest absolute Gasteiger partial charge is 0.348 e. The summed E-state index contributed by atoms with van der Waals surface area (Å²) in [7, 11) is 0. The lowest BCUT2D eigenvalue weighted by molar-refractivity contribution is 0.0473. The molecule has 0 unspecified atom stereocenters. The second kappa shape index (κ2) is 8.22. The number of hydrogen-bond donors (Lipinski definition) is 0. The highest BCUT2D eigenvalue weighted by Gasteiger charge is 2.18. The Balaban J connectivity index is 1.37. The van der Waals surface area contributed by atoms with E-state index in [1.807, 2.05) is 35.9 Å². The minimum Gasteiger partial charge on any atom is -0.455 e. The number of rotatable bonds is 5. The maximum Gasteiger partial charge on any atom is 0.348 e. The zero-order valence-electron chi connectivity index (χ0n) is 17.0. The lowest BCUT2D eigenvalue weighted by Crippen LogP contribution is -2.16. The fourth-order valence-electron chi connectivity index (χ4n) is 3.50. The van der Waals surface area contributed by atoms with Gasteiger partial charge in [-0.3, -0.25) is 13.9 Å². The quantitative estimate of drug-likeness (QED) is 0.358. The Kier molecular flexibility index (Phi) is 5.24. The molecule has 0 aliphatic carbocycles. The van der Waals surface area contributed by atoms with Crippen molar-refractivity contribution in [3.63, 3.8) is 0 Å². The molecule has 1 aromatic carbocycles. The van der Waals surface area contributed by atoms with E-state index in [1.165, 1.54) is 21.8 Å². The first-order chi connectivity index (χ1) is 15.5. The summed E-state index contributed by atoms with van der Waals surface area (Å²) < 4.78 is 8.73. The lowest BCUT2D eigenvalue weighted by atomic mass is 10.2. The van der Waals surface area contributed by atoms with Crippen LogP contribution in [0, 0.1) is 6.92 Å². The molecule has 0 saturated heterocycles. The van der Waals surface area contributed by atoms with Gasteiger partial charge in [-0.25, -0.2) is 9.78 Å². The SMILES string of the molecule is Cc1nn(Cc2ccccc2Cl)c2sc(C(=O)OCc3cc(=O)n4ccccc4n3)cc12. The summed E-state index contributed by atoms with van der Waals surface area (Å²) in [5.41, 5.74) is 2.45. The van der Waals surface area contributed by atoms with Crippen molar-refractivity contribution in [1.82, 2.24) is 19.2 Å². The van der Waals surface area contributed by atoms with Gasteiger partial charge in [0.1, 0.15) is 22.0 Å². The number of carbonyl (C=O) groups is 1. The second-order valence-corrected chi connectivity index (χ2v) is 8.69. The molecule has 0 saturated carbocycles. The lowest BCUT2D eigenvalue weighted by Gasteiger charge is -2.05. The molecule has 0 bridgehead atoms. The van der Waals surface area contributed by atoms with Crippen LogP contribution < -0.4 is 5.56 Å². The Hall–Kier alpha value is -3.49. The summed E-state index contributed by atoms with van der Waals surface area (Å²) in [4.78, 5) is 30.6. The van der Waals surface area contributed by atoms with E-state index in [-0.39, 0.29) is 12.2 Å². The van der Waals surface area contributed by atoms with Gasteiger partial charge in [-0.1, -0.05) is 35.9 Å². The molecule has 32 heavy (non-hydrogen) atoms. The highest BCUT2D eigenvalue weighted by molar-refractivity contribution is 7.20. The molecule has 160 valence electrons. The van der Waals surface area contributed by atoms with Crippen molar-refractivity contribution in [3.05, 3.63) is 98.0 Å². The van der Waals surface area contributed by atoms with Gasteiger partial charge in [-0.05, 0) is 36.8 Å². The van der Waals surface area contributed by atoms with E-state index in [2.05, 4.69) is 10.1 Å². The molecule has 0 aliphatic heterocycles. The summed E-state index contributed by atoms with van der Waals surface area (Å²) in [5, 5.41) is 6.16. The van der Waals surface area contributed by atoms with Crippen molar-refractivity contribution in [2.24, 2.45) is 0 Å². The number of halogens is 1. The number of thiophene rings is 1. The molecule has 4 heterocycles.